The molecule has 0 spiro atoms. The molecule has 132 valence electrons. The topological polar surface area (TPSA) is 23.6 Å². The molecule has 0 saturated carbocycles. The van der Waals surface area contributed by atoms with Crippen molar-refractivity contribution in [2.45, 2.75) is 44.7 Å². The van der Waals surface area contributed by atoms with Crippen LogP contribution in [-0.2, 0) is 11.3 Å². The number of hydrogen-bond acceptors (Lipinski definition) is 3. The maximum absolute atomic E-state index is 13.1. The highest BCUT2D eigenvalue weighted by molar-refractivity contribution is 7.98. The third-order valence-corrected chi connectivity index (χ3v) is 6.26. The molecule has 0 aromatic heterocycles. The van der Waals surface area contributed by atoms with E-state index in [9.17, 15) is 4.79 Å². The normalized spacial score (nSPS) is 23.4. The van der Waals surface area contributed by atoms with Crippen molar-refractivity contribution in [1.29, 1.82) is 0 Å². The lowest BCUT2D eigenvalue weighted by atomic mass is 9.96. The van der Waals surface area contributed by atoms with Crippen molar-refractivity contribution < 1.29 is 4.79 Å². The average molecular weight is 347 g/mol. The van der Waals surface area contributed by atoms with E-state index in [1.807, 2.05) is 11.8 Å². The van der Waals surface area contributed by atoms with Crippen LogP contribution >= 0.6 is 11.8 Å². The average Bonchev–Trinajstić information content (AvgIpc) is 2.63. The van der Waals surface area contributed by atoms with E-state index < -0.39 is 0 Å². The zero-order chi connectivity index (χ0) is 16.8. The standard InChI is InChI=1S/C20H30N2OS/c1-24-16-18-10-13-21(14-11-18)20(23)19-9-5-6-12-22(19)15-17-7-3-2-4-8-17/h2-4,7-8,18-19H,5-6,9-16H2,1H3/t19-/m1/s1. The Hall–Kier alpha value is -1.00. The van der Waals surface area contributed by atoms with Gasteiger partial charge in [-0.05, 0) is 55.7 Å². The van der Waals surface area contributed by atoms with Gasteiger partial charge in [0, 0.05) is 19.6 Å². The number of benzene rings is 1. The zero-order valence-electron chi connectivity index (χ0n) is 14.8. The van der Waals surface area contributed by atoms with Crippen LogP contribution in [0, 0.1) is 5.92 Å². The summed E-state index contributed by atoms with van der Waals surface area (Å²) in [7, 11) is 0. The smallest absolute Gasteiger partial charge is 0.239 e. The second-order valence-corrected chi connectivity index (χ2v) is 8.10. The van der Waals surface area contributed by atoms with Crippen LogP contribution in [0.15, 0.2) is 30.3 Å². The number of rotatable bonds is 5. The fourth-order valence-corrected chi connectivity index (χ4v) is 4.85. The van der Waals surface area contributed by atoms with E-state index in [0.717, 1.165) is 38.5 Å². The predicted molar refractivity (Wildman–Crippen MR) is 102 cm³/mol. The highest BCUT2D eigenvalue weighted by Crippen LogP contribution is 2.25. The molecule has 2 fully saturated rings. The molecule has 0 bridgehead atoms. The molecule has 0 N–H and O–H groups in total. The van der Waals surface area contributed by atoms with E-state index in [0.29, 0.717) is 5.91 Å². The number of thioether (sulfide) groups is 1. The fourth-order valence-electron chi connectivity index (χ4n) is 4.04. The van der Waals surface area contributed by atoms with E-state index in [-0.39, 0.29) is 6.04 Å². The van der Waals surface area contributed by atoms with E-state index in [2.05, 4.69) is 46.4 Å². The lowest BCUT2D eigenvalue weighted by Crippen LogP contribution is -2.52. The van der Waals surface area contributed by atoms with Gasteiger partial charge in [0.2, 0.25) is 5.91 Å². The molecule has 2 saturated heterocycles. The number of carbonyl (C=O) groups excluding carboxylic acids is 1. The van der Waals surface area contributed by atoms with Gasteiger partial charge in [-0.25, -0.2) is 0 Å². The maximum atomic E-state index is 13.1. The molecule has 1 atom stereocenters. The Bertz CT molecular complexity index is 514. The van der Waals surface area contributed by atoms with Crippen LogP contribution in [0.2, 0.25) is 0 Å². The molecule has 1 aromatic rings. The van der Waals surface area contributed by atoms with Crippen molar-refractivity contribution in [3.63, 3.8) is 0 Å². The van der Waals surface area contributed by atoms with Crippen molar-refractivity contribution in [3.05, 3.63) is 35.9 Å². The van der Waals surface area contributed by atoms with Gasteiger partial charge in [0.05, 0.1) is 6.04 Å². The summed E-state index contributed by atoms with van der Waals surface area (Å²) in [6.45, 7) is 3.87. The van der Waals surface area contributed by atoms with Gasteiger partial charge in [0.15, 0.2) is 0 Å². The minimum absolute atomic E-state index is 0.0936. The van der Waals surface area contributed by atoms with Gasteiger partial charge in [-0.2, -0.15) is 11.8 Å². The fraction of sp³-hybridized carbons (Fsp3) is 0.650. The number of nitrogens with zero attached hydrogens (tertiary/aromatic N) is 2. The minimum atomic E-state index is 0.0936. The van der Waals surface area contributed by atoms with Crippen molar-refractivity contribution in [2.24, 2.45) is 5.92 Å². The molecule has 0 aliphatic carbocycles. The van der Waals surface area contributed by atoms with Crippen molar-refractivity contribution in [3.8, 4) is 0 Å². The zero-order valence-corrected chi connectivity index (χ0v) is 15.6. The molecule has 1 aromatic carbocycles. The van der Waals surface area contributed by atoms with Crippen LogP contribution in [0.1, 0.15) is 37.7 Å². The summed E-state index contributed by atoms with van der Waals surface area (Å²) in [6.07, 6.45) is 7.96. The Balaban J connectivity index is 1.59. The van der Waals surface area contributed by atoms with Crippen LogP contribution in [0.4, 0.5) is 0 Å². The second kappa shape index (κ2) is 8.91. The number of hydrogen-bond donors (Lipinski definition) is 0. The first kappa shape index (κ1) is 17.8. The first-order valence-corrected chi connectivity index (χ1v) is 10.7. The van der Waals surface area contributed by atoms with Gasteiger partial charge in [0.1, 0.15) is 0 Å². The van der Waals surface area contributed by atoms with Crippen LogP contribution in [0.5, 0.6) is 0 Å². The molecule has 3 nitrogen and oxygen atoms in total. The molecule has 0 unspecified atom stereocenters. The molecule has 2 aliphatic rings. The Morgan fingerprint density at radius 2 is 1.83 bits per heavy atom. The number of piperidine rings is 2. The second-order valence-electron chi connectivity index (χ2n) is 7.19. The van der Waals surface area contributed by atoms with Crippen molar-refractivity contribution in [1.82, 2.24) is 9.80 Å². The van der Waals surface area contributed by atoms with Crippen molar-refractivity contribution in [2.75, 3.05) is 31.6 Å². The molecule has 2 aliphatic heterocycles. The van der Waals surface area contributed by atoms with Crippen LogP contribution < -0.4 is 0 Å². The van der Waals surface area contributed by atoms with Gasteiger partial charge in [-0.3, -0.25) is 9.69 Å². The van der Waals surface area contributed by atoms with Crippen LogP contribution in [0.25, 0.3) is 0 Å². The Morgan fingerprint density at radius 3 is 2.54 bits per heavy atom. The summed E-state index contributed by atoms with van der Waals surface area (Å²) in [5, 5.41) is 0. The monoisotopic (exact) mass is 346 g/mol. The summed E-state index contributed by atoms with van der Waals surface area (Å²) in [6, 6.07) is 10.7. The molecule has 4 heteroatoms. The minimum Gasteiger partial charge on any atom is -0.341 e. The van der Waals surface area contributed by atoms with E-state index in [1.165, 1.54) is 37.0 Å². The summed E-state index contributed by atoms with van der Waals surface area (Å²) >= 11 is 1.94. The third kappa shape index (κ3) is 4.54. The predicted octanol–water partition coefficient (Wildman–Crippen LogP) is 3.64. The van der Waals surface area contributed by atoms with Crippen LogP contribution in [0.3, 0.4) is 0 Å². The van der Waals surface area contributed by atoms with E-state index >= 15 is 0 Å². The third-order valence-electron chi connectivity index (χ3n) is 5.46. The number of likely N-dealkylation sites (tertiary alicyclic amines) is 2. The quantitative estimate of drug-likeness (QED) is 0.813. The lowest BCUT2D eigenvalue weighted by Gasteiger charge is -2.40. The molecular weight excluding hydrogens is 316 g/mol. The highest BCUT2D eigenvalue weighted by Gasteiger charge is 2.33. The number of amides is 1. The van der Waals surface area contributed by atoms with Gasteiger partial charge >= 0.3 is 0 Å². The van der Waals surface area contributed by atoms with Gasteiger partial charge < -0.3 is 4.90 Å². The van der Waals surface area contributed by atoms with Crippen LogP contribution in [-0.4, -0.2) is 53.4 Å². The maximum Gasteiger partial charge on any atom is 0.239 e. The lowest BCUT2D eigenvalue weighted by molar-refractivity contribution is -0.139. The molecule has 1 amide bonds. The largest absolute Gasteiger partial charge is 0.341 e. The molecule has 3 rings (SSSR count). The molecular formula is C20H30N2OS. The number of carbonyl (C=O) groups is 1. The van der Waals surface area contributed by atoms with E-state index in [1.54, 1.807) is 0 Å². The van der Waals surface area contributed by atoms with Gasteiger partial charge in [0.25, 0.3) is 0 Å². The Labute approximate surface area is 150 Å². The highest BCUT2D eigenvalue weighted by atomic mass is 32.2. The van der Waals surface area contributed by atoms with Gasteiger partial charge in [-0.15, -0.1) is 0 Å². The molecule has 0 radical (unpaired) electrons. The summed E-state index contributed by atoms with van der Waals surface area (Å²) in [5.74, 6) is 2.43. The van der Waals surface area contributed by atoms with E-state index in [4.69, 9.17) is 0 Å². The molecule has 24 heavy (non-hydrogen) atoms. The molecule has 2 heterocycles. The summed E-state index contributed by atoms with van der Waals surface area (Å²) < 4.78 is 0. The first-order valence-electron chi connectivity index (χ1n) is 9.33. The van der Waals surface area contributed by atoms with Crippen molar-refractivity contribution >= 4 is 17.7 Å². The SMILES string of the molecule is CSCC1CCN(C(=O)[C@H]2CCCCN2Cc2ccccc2)CC1. The first-order chi connectivity index (χ1) is 11.8. The summed E-state index contributed by atoms with van der Waals surface area (Å²) in [4.78, 5) is 17.7. The summed E-state index contributed by atoms with van der Waals surface area (Å²) in [5.41, 5.74) is 1.32. The Kier molecular flexibility index (Phi) is 6.61. The Morgan fingerprint density at radius 1 is 1.08 bits per heavy atom. The van der Waals surface area contributed by atoms with Gasteiger partial charge in [-0.1, -0.05) is 36.8 Å².